The predicted molar refractivity (Wildman–Crippen MR) is 77.9 cm³/mol. The molecule has 1 rings (SSSR count). The summed E-state index contributed by atoms with van der Waals surface area (Å²) in [6, 6.07) is 11.0. The molecule has 0 aliphatic rings. The maximum absolute atomic E-state index is 8.70. The first-order valence-electron chi connectivity index (χ1n) is 6.84. The fraction of sp³-hybridized carbons (Fsp3) is 0.562. The first-order chi connectivity index (χ1) is 9.17. The molecule has 0 amide bonds. The highest BCUT2D eigenvalue weighted by Gasteiger charge is 2.06. The number of nitrogens with zero attached hydrogens (tertiary/aromatic N) is 2. The van der Waals surface area contributed by atoms with Crippen LogP contribution in [0.2, 0.25) is 0 Å². The van der Waals surface area contributed by atoms with Gasteiger partial charge in [-0.05, 0) is 17.0 Å². The van der Waals surface area contributed by atoms with Crippen molar-refractivity contribution in [3.8, 4) is 6.07 Å². The van der Waals surface area contributed by atoms with Crippen molar-refractivity contribution in [2.75, 3.05) is 26.8 Å². The monoisotopic (exact) mass is 260 g/mol. The van der Waals surface area contributed by atoms with E-state index in [4.69, 9.17) is 10.00 Å². The Bertz CT molecular complexity index is 392. The number of ether oxygens (including phenoxy) is 1. The minimum Gasteiger partial charge on any atom is -0.383 e. The molecule has 0 atom stereocenters. The maximum Gasteiger partial charge on any atom is 0.0635 e. The zero-order valence-electron chi connectivity index (χ0n) is 12.2. The minimum atomic E-state index is 0.563. The van der Waals surface area contributed by atoms with Crippen molar-refractivity contribution in [3.05, 3.63) is 35.4 Å². The number of hydrogen-bond donors (Lipinski definition) is 0. The van der Waals surface area contributed by atoms with Crippen molar-refractivity contribution in [1.82, 2.24) is 4.90 Å². The first kappa shape index (κ1) is 15.7. The van der Waals surface area contributed by atoms with E-state index in [1.165, 1.54) is 11.1 Å². The van der Waals surface area contributed by atoms with E-state index in [1.54, 1.807) is 7.11 Å². The summed E-state index contributed by atoms with van der Waals surface area (Å²) in [4.78, 5) is 2.26. The number of benzene rings is 1. The third-order valence-corrected chi connectivity index (χ3v) is 3.20. The van der Waals surface area contributed by atoms with Crippen LogP contribution in [0.25, 0.3) is 0 Å². The van der Waals surface area contributed by atoms with E-state index in [0.717, 1.165) is 19.6 Å². The molecule has 1 aromatic carbocycles. The zero-order chi connectivity index (χ0) is 14.1. The van der Waals surface area contributed by atoms with Gasteiger partial charge in [-0.15, -0.1) is 0 Å². The summed E-state index contributed by atoms with van der Waals surface area (Å²) in [6.07, 6.45) is 0.563. The molecular weight excluding hydrogens is 236 g/mol. The Morgan fingerprint density at radius 2 is 1.89 bits per heavy atom. The number of methoxy groups -OCH3 is 1. The summed E-state index contributed by atoms with van der Waals surface area (Å²) in [5, 5.41) is 8.70. The Labute approximate surface area is 116 Å². The minimum absolute atomic E-state index is 0.563. The SMILES string of the molecule is COCCN(CCC#N)Cc1ccc(C(C)C)cc1. The zero-order valence-corrected chi connectivity index (χ0v) is 12.2. The second kappa shape index (κ2) is 8.68. The fourth-order valence-electron chi connectivity index (χ4n) is 1.96. The summed E-state index contributed by atoms with van der Waals surface area (Å²) in [7, 11) is 1.71. The molecule has 0 aromatic heterocycles. The van der Waals surface area contributed by atoms with Gasteiger partial charge in [-0.2, -0.15) is 5.26 Å². The van der Waals surface area contributed by atoms with Crippen LogP contribution in [0.15, 0.2) is 24.3 Å². The van der Waals surface area contributed by atoms with Crippen molar-refractivity contribution in [3.63, 3.8) is 0 Å². The molecule has 0 aliphatic carbocycles. The lowest BCUT2D eigenvalue weighted by molar-refractivity contribution is 0.145. The van der Waals surface area contributed by atoms with Crippen LogP contribution >= 0.6 is 0 Å². The molecule has 3 nitrogen and oxygen atoms in total. The number of nitriles is 1. The van der Waals surface area contributed by atoms with Gasteiger partial charge in [0.2, 0.25) is 0 Å². The molecular formula is C16H24N2O. The van der Waals surface area contributed by atoms with Gasteiger partial charge in [0.15, 0.2) is 0 Å². The molecule has 0 heterocycles. The van der Waals surface area contributed by atoms with Gasteiger partial charge in [0.05, 0.1) is 12.7 Å². The molecule has 0 N–H and O–H groups in total. The highest BCUT2D eigenvalue weighted by atomic mass is 16.5. The van der Waals surface area contributed by atoms with Crippen LogP contribution in [0.5, 0.6) is 0 Å². The Morgan fingerprint density at radius 3 is 2.42 bits per heavy atom. The molecule has 0 saturated carbocycles. The van der Waals surface area contributed by atoms with Crippen LogP contribution in [0, 0.1) is 11.3 Å². The third-order valence-electron chi connectivity index (χ3n) is 3.20. The quantitative estimate of drug-likeness (QED) is 0.720. The number of rotatable bonds is 8. The second-order valence-electron chi connectivity index (χ2n) is 5.07. The summed E-state index contributed by atoms with van der Waals surface area (Å²) < 4.78 is 5.12. The molecule has 104 valence electrons. The summed E-state index contributed by atoms with van der Waals surface area (Å²) in [6.45, 7) is 7.65. The standard InChI is InChI=1S/C16H24N2O/c1-14(2)16-7-5-15(6-8-16)13-18(10-4-9-17)11-12-19-3/h5-8,14H,4,10-13H2,1-3H3. The van der Waals surface area contributed by atoms with E-state index in [2.05, 4.69) is 49.1 Å². The molecule has 0 unspecified atom stereocenters. The summed E-state index contributed by atoms with van der Waals surface area (Å²) >= 11 is 0. The van der Waals surface area contributed by atoms with E-state index in [9.17, 15) is 0 Å². The van der Waals surface area contributed by atoms with Crippen molar-refractivity contribution < 1.29 is 4.74 Å². The highest BCUT2D eigenvalue weighted by Crippen LogP contribution is 2.15. The van der Waals surface area contributed by atoms with E-state index >= 15 is 0 Å². The van der Waals surface area contributed by atoms with E-state index in [0.29, 0.717) is 18.9 Å². The molecule has 0 spiro atoms. The molecule has 0 radical (unpaired) electrons. The average molecular weight is 260 g/mol. The third kappa shape index (κ3) is 5.87. The first-order valence-corrected chi connectivity index (χ1v) is 6.84. The van der Waals surface area contributed by atoms with Crippen LogP contribution in [-0.2, 0) is 11.3 Å². The largest absolute Gasteiger partial charge is 0.383 e. The van der Waals surface area contributed by atoms with Crippen LogP contribution < -0.4 is 0 Å². The van der Waals surface area contributed by atoms with Crippen LogP contribution in [0.1, 0.15) is 37.3 Å². The molecule has 0 bridgehead atoms. The van der Waals surface area contributed by atoms with Crippen molar-refractivity contribution in [2.45, 2.75) is 32.7 Å². The fourth-order valence-corrected chi connectivity index (χ4v) is 1.96. The van der Waals surface area contributed by atoms with Gasteiger partial charge in [0.25, 0.3) is 0 Å². The lowest BCUT2D eigenvalue weighted by atomic mass is 10.0. The van der Waals surface area contributed by atoms with Crippen molar-refractivity contribution in [1.29, 1.82) is 5.26 Å². The Balaban J connectivity index is 2.59. The van der Waals surface area contributed by atoms with E-state index in [-0.39, 0.29) is 0 Å². The van der Waals surface area contributed by atoms with Gasteiger partial charge < -0.3 is 4.74 Å². The average Bonchev–Trinajstić information content (AvgIpc) is 2.42. The molecule has 0 aliphatic heterocycles. The predicted octanol–water partition coefficient (Wildman–Crippen LogP) is 3.17. The van der Waals surface area contributed by atoms with Crippen molar-refractivity contribution in [2.24, 2.45) is 0 Å². The van der Waals surface area contributed by atoms with Crippen LogP contribution in [-0.4, -0.2) is 31.7 Å². The van der Waals surface area contributed by atoms with Gasteiger partial charge in [0, 0.05) is 33.2 Å². The molecule has 1 aromatic rings. The van der Waals surface area contributed by atoms with Crippen molar-refractivity contribution >= 4 is 0 Å². The number of hydrogen-bond acceptors (Lipinski definition) is 3. The van der Waals surface area contributed by atoms with Gasteiger partial charge >= 0.3 is 0 Å². The van der Waals surface area contributed by atoms with E-state index in [1.807, 2.05) is 0 Å². The Hall–Kier alpha value is -1.37. The maximum atomic E-state index is 8.70. The topological polar surface area (TPSA) is 36.3 Å². The van der Waals surface area contributed by atoms with Crippen LogP contribution in [0.3, 0.4) is 0 Å². The lowest BCUT2D eigenvalue weighted by Gasteiger charge is -2.21. The molecule has 3 heteroatoms. The second-order valence-corrected chi connectivity index (χ2v) is 5.07. The van der Waals surface area contributed by atoms with Gasteiger partial charge in [-0.25, -0.2) is 0 Å². The van der Waals surface area contributed by atoms with Gasteiger partial charge in [0.1, 0.15) is 0 Å². The van der Waals surface area contributed by atoms with Gasteiger partial charge in [-0.1, -0.05) is 38.1 Å². The molecule has 0 fully saturated rings. The van der Waals surface area contributed by atoms with Crippen LogP contribution in [0.4, 0.5) is 0 Å². The lowest BCUT2D eigenvalue weighted by Crippen LogP contribution is -2.28. The summed E-state index contributed by atoms with van der Waals surface area (Å²) in [5.74, 6) is 0.567. The summed E-state index contributed by atoms with van der Waals surface area (Å²) in [5.41, 5.74) is 2.66. The Kier molecular flexibility index (Phi) is 7.17. The smallest absolute Gasteiger partial charge is 0.0635 e. The Morgan fingerprint density at radius 1 is 1.21 bits per heavy atom. The highest BCUT2D eigenvalue weighted by molar-refractivity contribution is 5.24. The van der Waals surface area contributed by atoms with Gasteiger partial charge in [-0.3, -0.25) is 4.90 Å². The molecule has 19 heavy (non-hydrogen) atoms. The normalized spacial score (nSPS) is 10.9. The molecule has 0 saturated heterocycles. The van der Waals surface area contributed by atoms with E-state index < -0.39 is 0 Å².